The molecule has 1 N–H and O–H groups in total. The van der Waals surface area contributed by atoms with Crippen molar-refractivity contribution in [3.8, 4) is 17.1 Å². The smallest absolute Gasteiger partial charge is 0.261 e. The van der Waals surface area contributed by atoms with Gasteiger partial charge >= 0.3 is 0 Å². The van der Waals surface area contributed by atoms with Gasteiger partial charge in [0.05, 0.1) is 6.54 Å². The van der Waals surface area contributed by atoms with E-state index in [0.717, 1.165) is 5.56 Å². The van der Waals surface area contributed by atoms with Crippen molar-refractivity contribution in [1.29, 1.82) is 0 Å². The van der Waals surface area contributed by atoms with E-state index in [1.165, 1.54) is 5.56 Å². The number of hydrogen-bond donors (Lipinski definition) is 1. The van der Waals surface area contributed by atoms with Gasteiger partial charge in [-0.3, -0.25) is 9.78 Å². The van der Waals surface area contributed by atoms with Crippen molar-refractivity contribution < 1.29 is 14.1 Å². The quantitative estimate of drug-likeness (QED) is 0.704. The summed E-state index contributed by atoms with van der Waals surface area (Å²) in [6.45, 7) is 8.28. The van der Waals surface area contributed by atoms with E-state index in [9.17, 15) is 4.79 Å². The Morgan fingerprint density at radius 1 is 1.14 bits per heavy atom. The molecular weight excluding hydrogens is 356 g/mol. The van der Waals surface area contributed by atoms with Crippen LogP contribution in [0.4, 0.5) is 0 Å². The van der Waals surface area contributed by atoms with Crippen molar-refractivity contribution >= 4 is 5.91 Å². The van der Waals surface area contributed by atoms with E-state index < -0.39 is 6.10 Å². The van der Waals surface area contributed by atoms with Gasteiger partial charge in [0.2, 0.25) is 11.7 Å². The number of ether oxygens (including phenoxy) is 1. The largest absolute Gasteiger partial charge is 0.481 e. The van der Waals surface area contributed by atoms with E-state index in [-0.39, 0.29) is 17.9 Å². The van der Waals surface area contributed by atoms with Gasteiger partial charge in [-0.25, -0.2) is 0 Å². The number of aromatic nitrogens is 3. The summed E-state index contributed by atoms with van der Waals surface area (Å²) in [6.07, 6.45) is 2.66. The molecule has 1 aromatic carbocycles. The maximum Gasteiger partial charge on any atom is 0.261 e. The number of rotatable bonds is 6. The molecule has 0 aliphatic rings. The Morgan fingerprint density at radius 2 is 1.82 bits per heavy atom. The molecule has 0 bridgehead atoms. The van der Waals surface area contributed by atoms with Crippen LogP contribution >= 0.6 is 0 Å². The van der Waals surface area contributed by atoms with Crippen LogP contribution < -0.4 is 10.1 Å². The zero-order valence-corrected chi connectivity index (χ0v) is 16.5. The first-order valence-corrected chi connectivity index (χ1v) is 9.11. The summed E-state index contributed by atoms with van der Waals surface area (Å²) in [5, 5.41) is 6.66. The Kier molecular flexibility index (Phi) is 5.73. The SMILES string of the molecule is CC(Oc1ccc(C(C)(C)C)cc1)C(=O)NCc1nc(-c2ccncc2)no1. The number of hydrogen-bond acceptors (Lipinski definition) is 6. The Morgan fingerprint density at radius 3 is 2.46 bits per heavy atom. The molecule has 3 rings (SSSR count). The Balaban J connectivity index is 1.53. The van der Waals surface area contributed by atoms with Crippen LogP contribution in [0.25, 0.3) is 11.4 Å². The molecule has 28 heavy (non-hydrogen) atoms. The fraction of sp³-hybridized carbons (Fsp3) is 0.333. The molecule has 1 amide bonds. The average molecular weight is 380 g/mol. The molecule has 0 fully saturated rings. The van der Waals surface area contributed by atoms with Gasteiger partial charge in [-0.15, -0.1) is 0 Å². The maximum atomic E-state index is 12.3. The molecule has 1 atom stereocenters. The van der Waals surface area contributed by atoms with Crippen LogP contribution in [0.15, 0.2) is 53.3 Å². The Bertz CT molecular complexity index is 915. The van der Waals surface area contributed by atoms with Crippen LogP contribution in [-0.4, -0.2) is 27.1 Å². The summed E-state index contributed by atoms with van der Waals surface area (Å²) < 4.78 is 10.9. The minimum atomic E-state index is -0.650. The molecule has 146 valence electrons. The predicted molar refractivity (Wildman–Crippen MR) is 105 cm³/mol. The van der Waals surface area contributed by atoms with Crippen molar-refractivity contribution in [2.75, 3.05) is 0 Å². The average Bonchev–Trinajstić information content (AvgIpc) is 3.15. The van der Waals surface area contributed by atoms with E-state index in [1.54, 1.807) is 31.5 Å². The molecule has 0 aliphatic heterocycles. The van der Waals surface area contributed by atoms with E-state index in [0.29, 0.717) is 17.5 Å². The number of benzene rings is 1. The van der Waals surface area contributed by atoms with E-state index in [2.05, 4.69) is 41.2 Å². The molecule has 0 aliphatic carbocycles. The minimum Gasteiger partial charge on any atom is -0.481 e. The first-order chi connectivity index (χ1) is 13.3. The lowest BCUT2D eigenvalue weighted by Crippen LogP contribution is -2.36. The van der Waals surface area contributed by atoms with Gasteiger partial charge in [-0.05, 0) is 42.2 Å². The molecule has 0 saturated carbocycles. The molecule has 0 saturated heterocycles. The van der Waals surface area contributed by atoms with Gasteiger partial charge in [-0.2, -0.15) is 4.98 Å². The molecule has 7 heteroatoms. The number of amides is 1. The Hall–Kier alpha value is -3.22. The topological polar surface area (TPSA) is 90.1 Å². The molecule has 3 aromatic rings. The zero-order chi connectivity index (χ0) is 20.1. The third-order valence-electron chi connectivity index (χ3n) is 4.22. The summed E-state index contributed by atoms with van der Waals surface area (Å²) >= 11 is 0. The second kappa shape index (κ2) is 8.21. The highest BCUT2D eigenvalue weighted by Gasteiger charge is 2.17. The van der Waals surface area contributed by atoms with Gasteiger partial charge < -0.3 is 14.6 Å². The summed E-state index contributed by atoms with van der Waals surface area (Å²) in [4.78, 5) is 20.5. The minimum absolute atomic E-state index is 0.0702. The highest BCUT2D eigenvalue weighted by molar-refractivity contribution is 5.80. The lowest BCUT2D eigenvalue weighted by Gasteiger charge is -2.20. The molecule has 0 spiro atoms. The fourth-order valence-corrected chi connectivity index (χ4v) is 2.54. The summed E-state index contributed by atoms with van der Waals surface area (Å²) in [5.41, 5.74) is 2.07. The molecule has 1 unspecified atom stereocenters. The monoisotopic (exact) mass is 380 g/mol. The normalized spacial score (nSPS) is 12.4. The van der Waals surface area contributed by atoms with E-state index in [4.69, 9.17) is 9.26 Å². The van der Waals surface area contributed by atoms with Crippen molar-refractivity contribution in [3.05, 3.63) is 60.2 Å². The first kappa shape index (κ1) is 19.5. The second-order valence-electron chi connectivity index (χ2n) is 7.50. The molecule has 2 aromatic heterocycles. The van der Waals surface area contributed by atoms with Crippen molar-refractivity contribution in [3.63, 3.8) is 0 Å². The van der Waals surface area contributed by atoms with Crippen molar-refractivity contribution in [1.82, 2.24) is 20.4 Å². The first-order valence-electron chi connectivity index (χ1n) is 9.11. The number of carbonyl (C=O) groups is 1. The molecule has 0 radical (unpaired) electrons. The van der Waals surface area contributed by atoms with Crippen LogP contribution in [0.2, 0.25) is 0 Å². The zero-order valence-electron chi connectivity index (χ0n) is 16.5. The van der Waals surface area contributed by atoms with Crippen molar-refractivity contribution in [2.24, 2.45) is 0 Å². The van der Waals surface area contributed by atoms with Crippen LogP contribution in [0.5, 0.6) is 5.75 Å². The summed E-state index contributed by atoms with van der Waals surface area (Å²) in [5.74, 6) is 1.16. The highest BCUT2D eigenvalue weighted by atomic mass is 16.5. The lowest BCUT2D eigenvalue weighted by atomic mass is 9.87. The van der Waals surface area contributed by atoms with Gasteiger partial charge in [0.25, 0.3) is 5.91 Å². The van der Waals surface area contributed by atoms with Gasteiger partial charge in [-0.1, -0.05) is 38.1 Å². The second-order valence-corrected chi connectivity index (χ2v) is 7.50. The fourth-order valence-electron chi connectivity index (χ4n) is 2.54. The van der Waals surface area contributed by atoms with Gasteiger partial charge in [0.1, 0.15) is 5.75 Å². The predicted octanol–water partition coefficient (Wildman–Crippen LogP) is 3.51. The van der Waals surface area contributed by atoms with Crippen LogP contribution in [-0.2, 0) is 16.8 Å². The van der Waals surface area contributed by atoms with Gasteiger partial charge in [0, 0.05) is 18.0 Å². The number of nitrogens with one attached hydrogen (secondary N) is 1. The molecule has 2 heterocycles. The number of pyridine rings is 1. The summed E-state index contributed by atoms with van der Waals surface area (Å²) in [6, 6.07) is 11.4. The molecular formula is C21H24N4O3. The lowest BCUT2D eigenvalue weighted by molar-refractivity contribution is -0.127. The van der Waals surface area contributed by atoms with Gasteiger partial charge in [0.15, 0.2) is 6.10 Å². The number of nitrogens with zero attached hydrogens (tertiary/aromatic N) is 3. The summed E-state index contributed by atoms with van der Waals surface area (Å²) in [7, 11) is 0. The third-order valence-corrected chi connectivity index (χ3v) is 4.22. The van der Waals surface area contributed by atoms with E-state index in [1.807, 2.05) is 24.3 Å². The van der Waals surface area contributed by atoms with Crippen LogP contribution in [0.1, 0.15) is 39.1 Å². The number of carbonyl (C=O) groups excluding carboxylic acids is 1. The third kappa shape index (κ3) is 4.94. The van der Waals surface area contributed by atoms with E-state index >= 15 is 0 Å². The van der Waals surface area contributed by atoms with Crippen LogP contribution in [0.3, 0.4) is 0 Å². The Labute approximate surface area is 164 Å². The highest BCUT2D eigenvalue weighted by Crippen LogP contribution is 2.24. The van der Waals surface area contributed by atoms with Crippen molar-refractivity contribution in [2.45, 2.75) is 45.8 Å². The maximum absolute atomic E-state index is 12.3. The standard InChI is InChI=1S/C21H24N4O3/c1-14(27-17-7-5-16(6-8-17)21(2,3)4)20(26)23-13-18-24-19(25-28-18)15-9-11-22-12-10-15/h5-12,14H,13H2,1-4H3,(H,23,26). The van der Waals surface area contributed by atoms with Crippen LogP contribution in [0, 0.1) is 0 Å². The molecule has 7 nitrogen and oxygen atoms in total.